The van der Waals surface area contributed by atoms with Crippen molar-refractivity contribution in [2.24, 2.45) is 16.5 Å². The third-order valence-electron chi connectivity index (χ3n) is 8.11. The van der Waals surface area contributed by atoms with Crippen molar-refractivity contribution < 1.29 is 22.6 Å². The number of hydrogen-bond acceptors (Lipinski definition) is 5. The van der Waals surface area contributed by atoms with Crippen LogP contribution in [0.3, 0.4) is 0 Å². The third-order valence-corrected chi connectivity index (χ3v) is 9.93. The number of oxime groups is 1. The Bertz CT molecular complexity index is 1350. The van der Waals surface area contributed by atoms with Crippen molar-refractivity contribution in [2.45, 2.75) is 76.5 Å². The van der Waals surface area contributed by atoms with Gasteiger partial charge in [-0.15, -0.1) is 0 Å². The number of aryl methyl sites for hydroxylation is 1. The second-order valence-corrected chi connectivity index (χ2v) is 13.1. The highest BCUT2D eigenvalue weighted by molar-refractivity contribution is 7.86. The summed E-state index contributed by atoms with van der Waals surface area (Å²) in [6.07, 6.45) is 2.23. The maximum absolute atomic E-state index is 12.9. The van der Waals surface area contributed by atoms with Gasteiger partial charge in [0.15, 0.2) is 0 Å². The van der Waals surface area contributed by atoms with Gasteiger partial charge in [-0.3, -0.25) is 9.08 Å². The van der Waals surface area contributed by atoms with Crippen molar-refractivity contribution in [2.75, 3.05) is 0 Å². The van der Waals surface area contributed by atoms with E-state index in [1.54, 1.807) is 19.1 Å². The molecule has 1 saturated carbocycles. The van der Waals surface area contributed by atoms with Crippen LogP contribution in [-0.2, 0) is 24.6 Å². The van der Waals surface area contributed by atoms with Crippen molar-refractivity contribution in [3.63, 3.8) is 0 Å². The molecule has 1 fully saturated rings. The fourth-order valence-electron chi connectivity index (χ4n) is 6.02. The first kappa shape index (κ1) is 27.0. The van der Waals surface area contributed by atoms with Crippen LogP contribution in [0.1, 0.15) is 81.5 Å². The van der Waals surface area contributed by atoms with E-state index in [1.165, 1.54) is 12.1 Å². The van der Waals surface area contributed by atoms with Crippen molar-refractivity contribution in [1.82, 2.24) is 0 Å². The molecule has 0 aromatic heterocycles. The molecule has 0 saturated heterocycles. The number of aliphatic carboxylic acids is 1. The molecule has 0 bridgehead atoms. The molecule has 36 heavy (non-hydrogen) atoms. The van der Waals surface area contributed by atoms with Gasteiger partial charge in [0.05, 0.1) is 16.1 Å². The molecule has 0 amide bonds. The van der Waals surface area contributed by atoms with Crippen LogP contribution in [0.5, 0.6) is 0 Å². The van der Waals surface area contributed by atoms with Crippen LogP contribution in [-0.4, -0.2) is 25.2 Å². The minimum atomic E-state index is -4.19. The highest BCUT2D eigenvalue weighted by Crippen LogP contribution is 2.59. The van der Waals surface area contributed by atoms with Crippen molar-refractivity contribution in [3.05, 3.63) is 62.6 Å². The molecule has 9 heteroatoms. The van der Waals surface area contributed by atoms with Crippen LogP contribution in [0.4, 0.5) is 0 Å². The zero-order valence-corrected chi connectivity index (χ0v) is 23.4. The Labute approximate surface area is 222 Å². The van der Waals surface area contributed by atoms with E-state index in [2.05, 4.69) is 12.1 Å². The molecule has 2 aromatic carbocycles. The second kappa shape index (κ2) is 9.34. The van der Waals surface area contributed by atoms with Crippen molar-refractivity contribution in [1.29, 1.82) is 0 Å². The molecular weight excluding hydrogens is 521 g/mol. The molecule has 2 aliphatic carbocycles. The van der Waals surface area contributed by atoms with Crippen LogP contribution in [0, 0.1) is 18.3 Å². The lowest BCUT2D eigenvalue weighted by Crippen LogP contribution is -2.53. The van der Waals surface area contributed by atoms with Crippen LogP contribution in [0.2, 0.25) is 10.0 Å². The Kier molecular flexibility index (Phi) is 6.99. The number of fused-ring (bicyclic) bond motifs is 3. The summed E-state index contributed by atoms with van der Waals surface area (Å²) < 4.78 is 31.0. The molecule has 3 atom stereocenters. The fraction of sp³-hybridized carbons (Fsp3) is 0.481. The average molecular weight is 553 g/mol. The summed E-state index contributed by atoms with van der Waals surface area (Å²) in [7, 11) is -4.19. The number of carboxylic acid groups (broad SMARTS) is 1. The highest BCUT2D eigenvalue weighted by Gasteiger charge is 2.57. The van der Waals surface area contributed by atoms with E-state index < -0.39 is 26.9 Å². The normalized spacial score (nSPS) is 27.0. The lowest BCUT2D eigenvalue weighted by Gasteiger charge is -2.53. The van der Waals surface area contributed by atoms with Gasteiger partial charge in [0.2, 0.25) is 0 Å². The summed E-state index contributed by atoms with van der Waals surface area (Å²) in [5, 5.41) is 15.3. The first-order chi connectivity index (χ1) is 16.7. The smallest absolute Gasteiger partial charge is 0.358 e. The zero-order chi connectivity index (χ0) is 26.6. The lowest BCUT2D eigenvalue weighted by molar-refractivity contribution is -0.156. The van der Waals surface area contributed by atoms with Crippen LogP contribution >= 0.6 is 23.2 Å². The van der Waals surface area contributed by atoms with Crippen LogP contribution < -0.4 is 0 Å². The Morgan fingerprint density at radius 1 is 1.17 bits per heavy atom. The number of carbonyl (C=O) groups is 1. The number of halogens is 2. The van der Waals surface area contributed by atoms with Gasteiger partial charge < -0.3 is 5.11 Å². The molecule has 0 radical (unpaired) electrons. The van der Waals surface area contributed by atoms with Crippen LogP contribution in [0.15, 0.2) is 40.4 Å². The molecule has 6 nitrogen and oxygen atoms in total. The minimum absolute atomic E-state index is 0.00919. The third kappa shape index (κ3) is 4.33. The van der Waals surface area contributed by atoms with E-state index in [-0.39, 0.29) is 23.2 Å². The number of rotatable bonds is 5. The minimum Gasteiger partial charge on any atom is -0.481 e. The van der Waals surface area contributed by atoms with Gasteiger partial charge >= 0.3 is 16.1 Å². The Hall–Kier alpha value is -2.09. The molecule has 4 rings (SSSR count). The Morgan fingerprint density at radius 3 is 2.39 bits per heavy atom. The second-order valence-electron chi connectivity index (χ2n) is 10.8. The fourth-order valence-corrected chi connectivity index (χ4v) is 7.76. The predicted octanol–water partition coefficient (Wildman–Crippen LogP) is 7.09. The maximum Gasteiger partial charge on any atom is 0.358 e. The van der Waals surface area contributed by atoms with Gasteiger partial charge in [-0.2, -0.15) is 8.42 Å². The Balaban J connectivity index is 1.92. The maximum atomic E-state index is 12.9. The highest BCUT2D eigenvalue weighted by atomic mass is 35.5. The summed E-state index contributed by atoms with van der Waals surface area (Å²) >= 11 is 13.7. The summed E-state index contributed by atoms with van der Waals surface area (Å²) in [6.45, 7) is 9.62. The number of hydrogen-bond donors (Lipinski definition) is 1. The molecule has 194 valence electrons. The standard InChI is InChI=1S/C27H31Cl2NO5S/c1-15(2)22-19(28)13-18-23(24(22)29)20(30-35-36(33,34)17-9-7-16(3)8-10-17)14-21-26(18,4)11-6-12-27(21,5)25(31)32/h7-10,13,15,21H,6,11-12,14H2,1-5H3,(H,31,32). The largest absolute Gasteiger partial charge is 0.481 e. The molecular formula is C27H31Cl2NO5S. The number of nitrogens with zero attached hydrogens (tertiary/aromatic N) is 1. The zero-order valence-electron chi connectivity index (χ0n) is 21.1. The van der Waals surface area contributed by atoms with E-state index in [4.69, 9.17) is 27.5 Å². The quantitative estimate of drug-likeness (QED) is 0.400. The van der Waals surface area contributed by atoms with Crippen molar-refractivity contribution >= 4 is 45.0 Å². The van der Waals surface area contributed by atoms with Gasteiger partial charge in [0.1, 0.15) is 4.90 Å². The van der Waals surface area contributed by atoms with E-state index in [0.29, 0.717) is 27.7 Å². The van der Waals surface area contributed by atoms with E-state index >= 15 is 0 Å². The first-order valence-corrected chi connectivity index (χ1v) is 14.2. The summed E-state index contributed by atoms with van der Waals surface area (Å²) in [5.41, 5.74) is 1.80. The van der Waals surface area contributed by atoms with Gasteiger partial charge in [-0.05, 0) is 79.7 Å². The van der Waals surface area contributed by atoms with E-state index in [9.17, 15) is 18.3 Å². The first-order valence-electron chi connectivity index (χ1n) is 12.1. The van der Waals surface area contributed by atoms with E-state index in [1.807, 2.05) is 26.8 Å². The summed E-state index contributed by atoms with van der Waals surface area (Å²) in [4.78, 5) is 12.5. The molecule has 0 heterocycles. The molecule has 2 aromatic rings. The Morgan fingerprint density at radius 2 is 1.81 bits per heavy atom. The predicted molar refractivity (Wildman–Crippen MR) is 142 cm³/mol. The van der Waals surface area contributed by atoms with Gasteiger partial charge in [0.25, 0.3) is 0 Å². The molecule has 0 aliphatic heterocycles. The molecule has 1 N–H and O–H groups in total. The molecule has 2 aliphatic rings. The number of carboxylic acids is 1. The molecule has 3 unspecified atom stereocenters. The SMILES string of the molecule is Cc1ccc(S(=O)(=O)ON=C2CC3C(C)(C(=O)O)CCCC3(C)c3cc(Cl)c(C(C)C)c(Cl)c32)cc1. The number of benzene rings is 2. The van der Waals surface area contributed by atoms with E-state index in [0.717, 1.165) is 29.5 Å². The van der Waals surface area contributed by atoms with Gasteiger partial charge in [-0.25, -0.2) is 0 Å². The lowest BCUT2D eigenvalue weighted by atomic mass is 9.49. The van der Waals surface area contributed by atoms with Gasteiger partial charge in [0, 0.05) is 10.6 Å². The summed E-state index contributed by atoms with van der Waals surface area (Å²) in [6, 6.07) is 8.14. The monoisotopic (exact) mass is 551 g/mol. The van der Waals surface area contributed by atoms with Crippen LogP contribution in [0.25, 0.3) is 0 Å². The van der Waals surface area contributed by atoms with Gasteiger partial charge in [-0.1, -0.05) is 73.2 Å². The van der Waals surface area contributed by atoms with Crippen molar-refractivity contribution in [3.8, 4) is 0 Å². The average Bonchev–Trinajstić information content (AvgIpc) is 2.78. The summed E-state index contributed by atoms with van der Waals surface area (Å²) in [5.74, 6) is -1.23. The molecule has 0 spiro atoms. The topological polar surface area (TPSA) is 93.0 Å².